The Kier molecular flexibility index (Phi) is 10.9. The van der Waals surface area contributed by atoms with Gasteiger partial charge in [0.2, 0.25) is 0 Å². The van der Waals surface area contributed by atoms with Gasteiger partial charge in [-0.1, -0.05) is 59.6 Å². The maximum atomic E-state index is 12.9. The van der Waals surface area contributed by atoms with Gasteiger partial charge in [-0.05, 0) is 72.5 Å². The molecule has 1 aliphatic rings. The maximum Gasteiger partial charge on any atom is 0.335 e. The molecular weight excluding hydrogens is 693 g/mol. The molecular formula is C38H33Cl2N5O6. The second-order valence-electron chi connectivity index (χ2n) is 12.1. The summed E-state index contributed by atoms with van der Waals surface area (Å²) in [5, 5.41) is 25.5. The number of rotatable bonds is 7. The molecule has 2 aromatic heterocycles. The number of amides is 1. The third kappa shape index (κ3) is 8.01. The highest BCUT2D eigenvalue weighted by Crippen LogP contribution is 2.27. The van der Waals surface area contributed by atoms with E-state index in [0.717, 1.165) is 24.0 Å². The number of piperidine rings is 1. The van der Waals surface area contributed by atoms with Gasteiger partial charge in [-0.25, -0.2) is 15.0 Å². The van der Waals surface area contributed by atoms with E-state index in [1.54, 1.807) is 55.6 Å². The minimum Gasteiger partial charge on any atom is -0.478 e. The minimum absolute atomic E-state index is 0.0266. The fraction of sp³-hybridized carbons (Fsp3) is 0.211. The summed E-state index contributed by atoms with van der Waals surface area (Å²) in [5.41, 5.74) is 3.27. The van der Waals surface area contributed by atoms with E-state index in [9.17, 15) is 19.2 Å². The minimum atomic E-state index is -0.987. The van der Waals surface area contributed by atoms with Gasteiger partial charge in [0.15, 0.2) is 0 Å². The molecule has 0 saturated carbocycles. The highest BCUT2D eigenvalue weighted by Gasteiger charge is 2.23. The number of carbonyl (C=O) groups excluding carboxylic acids is 1. The SMILES string of the molecule is COC1CCN(C(=O)c2cccc(Cc3n[nH]c(=O)c4cccc(Cl)c34)c2)CC1.O=C(O)c1cccc(Cc2n[nH]c(=O)c3cccc(Cl)c23)c1. The van der Waals surface area contributed by atoms with Crippen molar-refractivity contribution in [3.05, 3.63) is 149 Å². The molecule has 0 radical (unpaired) electrons. The van der Waals surface area contributed by atoms with Crippen LogP contribution >= 0.6 is 23.2 Å². The summed E-state index contributed by atoms with van der Waals surface area (Å²) in [4.78, 5) is 49.7. The molecule has 3 N–H and O–H groups in total. The molecule has 1 aliphatic heterocycles. The highest BCUT2D eigenvalue weighted by molar-refractivity contribution is 6.36. The molecule has 3 heterocycles. The zero-order valence-electron chi connectivity index (χ0n) is 27.5. The normalized spacial score (nSPS) is 13.2. The van der Waals surface area contributed by atoms with E-state index in [1.165, 1.54) is 6.07 Å². The summed E-state index contributed by atoms with van der Waals surface area (Å²) in [6, 6.07) is 24.4. The van der Waals surface area contributed by atoms with Crippen molar-refractivity contribution in [3.8, 4) is 0 Å². The number of nitrogens with zero attached hydrogens (tertiary/aromatic N) is 3. The monoisotopic (exact) mass is 725 g/mol. The number of nitrogens with one attached hydrogen (secondary N) is 2. The lowest BCUT2D eigenvalue weighted by molar-refractivity contribution is 0.0350. The van der Waals surface area contributed by atoms with Gasteiger partial charge in [0.05, 0.1) is 43.9 Å². The summed E-state index contributed by atoms with van der Waals surface area (Å²) < 4.78 is 5.38. The molecule has 260 valence electrons. The van der Waals surface area contributed by atoms with Crippen LogP contribution in [0.25, 0.3) is 21.5 Å². The molecule has 0 bridgehead atoms. The fourth-order valence-electron chi connectivity index (χ4n) is 6.23. The number of aromatic nitrogens is 4. The molecule has 11 nitrogen and oxygen atoms in total. The van der Waals surface area contributed by atoms with E-state index in [1.807, 2.05) is 35.2 Å². The van der Waals surface area contributed by atoms with Crippen molar-refractivity contribution >= 4 is 56.6 Å². The highest BCUT2D eigenvalue weighted by atomic mass is 35.5. The van der Waals surface area contributed by atoms with Crippen LogP contribution in [-0.4, -0.2) is 68.6 Å². The van der Waals surface area contributed by atoms with Gasteiger partial charge >= 0.3 is 5.97 Å². The number of likely N-dealkylation sites (tertiary alicyclic amines) is 1. The summed E-state index contributed by atoms with van der Waals surface area (Å²) in [6.45, 7) is 1.40. The van der Waals surface area contributed by atoms with Crippen molar-refractivity contribution in [2.24, 2.45) is 0 Å². The Bertz CT molecular complexity index is 2370. The van der Waals surface area contributed by atoms with Crippen LogP contribution in [0, 0.1) is 0 Å². The zero-order valence-corrected chi connectivity index (χ0v) is 29.0. The maximum absolute atomic E-state index is 12.9. The molecule has 1 saturated heterocycles. The number of aromatic carboxylic acids is 1. The van der Waals surface area contributed by atoms with E-state index < -0.39 is 5.97 Å². The Labute approximate surface area is 301 Å². The van der Waals surface area contributed by atoms with Crippen LogP contribution in [0.15, 0.2) is 94.5 Å². The van der Waals surface area contributed by atoms with Gasteiger partial charge in [0, 0.05) is 49.4 Å². The van der Waals surface area contributed by atoms with Crippen LogP contribution in [-0.2, 0) is 17.6 Å². The Balaban J connectivity index is 0.000000183. The number of carboxylic acid groups (broad SMARTS) is 1. The van der Waals surface area contributed by atoms with Gasteiger partial charge in [-0.15, -0.1) is 0 Å². The number of methoxy groups -OCH3 is 1. The number of fused-ring (bicyclic) bond motifs is 2. The lowest BCUT2D eigenvalue weighted by atomic mass is 10.0. The first-order valence-electron chi connectivity index (χ1n) is 16.2. The molecule has 7 rings (SSSR count). The predicted octanol–water partition coefficient (Wildman–Crippen LogP) is 6.28. The molecule has 0 aliphatic carbocycles. The van der Waals surface area contributed by atoms with Crippen LogP contribution in [0.2, 0.25) is 10.0 Å². The largest absolute Gasteiger partial charge is 0.478 e. The summed E-state index contributed by atoms with van der Waals surface area (Å²) >= 11 is 12.5. The van der Waals surface area contributed by atoms with Crippen LogP contribution in [0.4, 0.5) is 0 Å². The van der Waals surface area contributed by atoms with Gasteiger partial charge in [-0.2, -0.15) is 10.2 Å². The van der Waals surface area contributed by atoms with Crippen molar-refractivity contribution in [1.82, 2.24) is 25.3 Å². The number of ether oxygens (including phenoxy) is 1. The summed E-state index contributed by atoms with van der Waals surface area (Å²) in [5.74, 6) is -0.960. The molecule has 0 atom stereocenters. The third-order valence-electron chi connectivity index (χ3n) is 8.83. The number of carboxylic acids is 1. The summed E-state index contributed by atoms with van der Waals surface area (Å²) in [7, 11) is 1.71. The predicted molar refractivity (Wildman–Crippen MR) is 196 cm³/mol. The molecule has 0 spiro atoms. The topological polar surface area (TPSA) is 158 Å². The van der Waals surface area contributed by atoms with E-state index >= 15 is 0 Å². The number of carbonyl (C=O) groups is 2. The average molecular weight is 727 g/mol. The zero-order chi connectivity index (χ0) is 36.1. The first-order chi connectivity index (χ1) is 24.6. The number of hydrogen-bond donors (Lipinski definition) is 3. The van der Waals surface area contributed by atoms with Crippen LogP contribution in [0.5, 0.6) is 0 Å². The van der Waals surface area contributed by atoms with Crippen LogP contribution in [0.1, 0.15) is 56.1 Å². The van der Waals surface area contributed by atoms with E-state index in [2.05, 4.69) is 20.4 Å². The number of benzene rings is 4. The van der Waals surface area contributed by atoms with Crippen molar-refractivity contribution < 1.29 is 19.4 Å². The van der Waals surface area contributed by atoms with Gasteiger partial charge in [-0.3, -0.25) is 14.4 Å². The fourth-order valence-corrected chi connectivity index (χ4v) is 6.80. The Morgan fingerprint density at radius 1 is 0.765 bits per heavy atom. The average Bonchev–Trinajstić information content (AvgIpc) is 3.14. The van der Waals surface area contributed by atoms with Crippen molar-refractivity contribution in [3.63, 3.8) is 0 Å². The van der Waals surface area contributed by atoms with Crippen molar-refractivity contribution in [1.29, 1.82) is 0 Å². The number of halogens is 2. The molecule has 4 aromatic carbocycles. The Morgan fingerprint density at radius 3 is 1.73 bits per heavy atom. The smallest absolute Gasteiger partial charge is 0.335 e. The Morgan fingerprint density at radius 2 is 1.24 bits per heavy atom. The second-order valence-corrected chi connectivity index (χ2v) is 12.9. The second kappa shape index (κ2) is 15.7. The van der Waals surface area contributed by atoms with Crippen LogP contribution in [0.3, 0.4) is 0 Å². The lowest BCUT2D eigenvalue weighted by Gasteiger charge is -2.31. The first kappa shape index (κ1) is 35.5. The van der Waals surface area contributed by atoms with Crippen LogP contribution < -0.4 is 11.1 Å². The molecule has 13 heteroatoms. The van der Waals surface area contributed by atoms with E-state index in [4.69, 9.17) is 33.0 Å². The Hall–Kier alpha value is -5.36. The van der Waals surface area contributed by atoms with E-state index in [-0.39, 0.29) is 28.7 Å². The van der Waals surface area contributed by atoms with Gasteiger partial charge in [0.25, 0.3) is 17.0 Å². The van der Waals surface area contributed by atoms with Crippen molar-refractivity contribution in [2.75, 3.05) is 20.2 Å². The molecule has 1 amide bonds. The summed E-state index contributed by atoms with van der Waals surface area (Å²) in [6.07, 6.45) is 2.78. The molecule has 51 heavy (non-hydrogen) atoms. The number of aromatic amines is 2. The number of hydrogen-bond acceptors (Lipinski definition) is 7. The third-order valence-corrected chi connectivity index (χ3v) is 9.46. The standard InChI is InChI=1S/C22H22ClN3O3.C16H11ClN2O3/c1-29-16-8-10-26(11-9-16)22(28)15-5-2-4-14(12-15)13-19-20-17(21(27)25-24-19)6-3-7-18(20)23;17-12-6-2-5-11-14(12)13(18-19-15(11)20)8-9-3-1-4-10(7-9)16(21)22/h2-7,12,16H,8-11,13H2,1H3,(H,25,27);1-7H,8H2,(H,19,20)(H,21,22). The lowest BCUT2D eigenvalue weighted by Crippen LogP contribution is -2.40. The quantitative estimate of drug-likeness (QED) is 0.173. The van der Waals surface area contributed by atoms with Gasteiger partial charge in [0.1, 0.15) is 0 Å². The van der Waals surface area contributed by atoms with E-state index in [0.29, 0.717) is 74.5 Å². The molecule has 0 unspecified atom stereocenters. The molecule has 1 fully saturated rings. The van der Waals surface area contributed by atoms with Crippen molar-refractivity contribution in [2.45, 2.75) is 31.8 Å². The number of H-pyrrole nitrogens is 2. The van der Waals surface area contributed by atoms with Gasteiger partial charge < -0.3 is 14.7 Å². The molecule has 6 aromatic rings. The first-order valence-corrected chi connectivity index (χ1v) is 16.9.